The van der Waals surface area contributed by atoms with Gasteiger partial charge in [-0.05, 0) is 18.6 Å². The van der Waals surface area contributed by atoms with Gasteiger partial charge in [0.25, 0.3) is 0 Å². The average Bonchev–Trinajstić information content (AvgIpc) is 2.28. The number of thioether (sulfide) groups is 1. The fourth-order valence-electron chi connectivity index (χ4n) is 1.17. The lowest BCUT2D eigenvalue weighted by molar-refractivity contribution is -0.116. The van der Waals surface area contributed by atoms with Crippen molar-refractivity contribution in [3.8, 4) is 0 Å². The predicted molar refractivity (Wildman–Crippen MR) is 71.2 cm³/mol. The average molecular weight is 255 g/mol. The van der Waals surface area contributed by atoms with E-state index in [0.29, 0.717) is 17.2 Å². The molecule has 0 fully saturated rings. The number of carbonyl (C=O) groups is 1. The summed E-state index contributed by atoms with van der Waals surface area (Å²) in [4.78, 5) is 12.5. The molecule has 3 heteroatoms. The highest BCUT2D eigenvalue weighted by atomic mass is 35.5. The third kappa shape index (κ3) is 4.42. The first-order valence-corrected chi connectivity index (χ1v) is 6.55. The second-order valence-electron chi connectivity index (χ2n) is 3.54. The molecule has 0 aliphatic heterocycles. The predicted octanol–water partition coefficient (Wildman–Crippen LogP) is 4.36. The van der Waals surface area contributed by atoms with E-state index in [1.807, 2.05) is 31.2 Å². The van der Waals surface area contributed by atoms with Crippen LogP contribution < -0.4 is 0 Å². The van der Waals surface area contributed by atoms with Gasteiger partial charge in [0.1, 0.15) is 5.78 Å². The van der Waals surface area contributed by atoms with Crippen molar-refractivity contribution < 1.29 is 4.79 Å². The van der Waals surface area contributed by atoms with Crippen molar-refractivity contribution in [2.75, 3.05) is 5.75 Å². The number of allylic oxidation sites excluding steroid dienone is 1. The van der Waals surface area contributed by atoms with Crippen molar-refractivity contribution in [1.82, 2.24) is 0 Å². The minimum absolute atomic E-state index is 0.205. The number of benzene rings is 1. The molecule has 0 bridgehead atoms. The standard InChI is InChI=1S/C13H15ClOS/c1-3-10(2)8-11(15)9-16-13-7-5-4-6-12(13)14/h4-7H,2-3,8-9H2,1H3. The molecule has 0 atom stereocenters. The summed E-state index contributed by atoms with van der Waals surface area (Å²) in [7, 11) is 0. The van der Waals surface area contributed by atoms with Gasteiger partial charge in [-0.25, -0.2) is 0 Å². The Morgan fingerprint density at radius 3 is 2.75 bits per heavy atom. The Hall–Kier alpha value is -0.730. The van der Waals surface area contributed by atoms with E-state index < -0.39 is 0 Å². The summed E-state index contributed by atoms with van der Waals surface area (Å²) in [6.07, 6.45) is 1.34. The van der Waals surface area contributed by atoms with Gasteiger partial charge in [0.15, 0.2) is 0 Å². The molecule has 0 aromatic heterocycles. The van der Waals surface area contributed by atoms with Crippen molar-refractivity contribution in [3.05, 3.63) is 41.4 Å². The molecule has 1 aromatic carbocycles. The second-order valence-corrected chi connectivity index (χ2v) is 4.96. The zero-order valence-electron chi connectivity index (χ0n) is 9.33. The highest BCUT2D eigenvalue weighted by Crippen LogP contribution is 2.26. The normalized spacial score (nSPS) is 10.1. The Balaban J connectivity index is 2.43. The molecule has 1 rings (SSSR count). The number of rotatable bonds is 6. The van der Waals surface area contributed by atoms with E-state index in [4.69, 9.17) is 11.6 Å². The van der Waals surface area contributed by atoms with Crippen LogP contribution in [0.25, 0.3) is 0 Å². The summed E-state index contributed by atoms with van der Waals surface area (Å²) in [6.45, 7) is 5.84. The van der Waals surface area contributed by atoms with Crippen LogP contribution in [-0.2, 0) is 4.79 Å². The van der Waals surface area contributed by atoms with Gasteiger partial charge in [-0.15, -0.1) is 11.8 Å². The Morgan fingerprint density at radius 2 is 2.12 bits per heavy atom. The van der Waals surface area contributed by atoms with E-state index >= 15 is 0 Å². The summed E-state index contributed by atoms with van der Waals surface area (Å²) in [5.41, 5.74) is 0.991. The zero-order chi connectivity index (χ0) is 12.0. The molecule has 0 aliphatic rings. The number of carbonyl (C=O) groups excluding carboxylic acids is 1. The number of hydrogen-bond acceptors (Lipinski definition) is 2. The van der Waals surface area contributed by atoms with Crippen LogP contribution >= 0.6 is 23.4 Å². The Kier molecular flexibility index (Phi) is 5.64. The Bertz CT molecular complexity index is 387. The molecule has 0 saturated heterocycles. The molecule has 1 nitrogen and oxygen atoms in total. The monoisotopic (exact) mass is 254 g/mol. The lowest BCUT2D eigenvalue weighted by Gasteiger charge is -2.04. The first-order chi connectivity index (χ1) is 7.63. The zero-order valence-corrected chi connectivity index (χ0v) is 10.9. The SMILES string of the molecule is C=C(CC)CC(=O)CSc1ccccc1Cl. The van der Waals surface area contributed by atoms with E-state index in [1.54, 1.807) is 0 Å². The number of halogens is 1. The van der Waals surface area contributed by atoms with Crippen LogP contribution in [-0.4, -0.2) is 11.5 Å². The number of ketones is 1. The minimum atomic E-state index is 0.205. The van der Waals surface area contributed by atoms with E-state index in [2.05, 4.69) is 6.58 Å². The molecule has 0 aliphatic carbocycles. The van der Waals surface area contributed by atoms with Crippen molar-refractivity contribution in [1.29, 1.82) is 0 Å². The largest absolute Gasteiger partial charge is 0.298 e. The van der Waals surface area contributed by atoms with Gasteiger partial charge >= 0.3 is 0 Å². The van der Waals surface area contributed by atoms with Crippen LogP contribution in [0, 0.1) is 0 Å². The minimum Gasteiger partial charge on any atom is -0.298 e. The van der Waals surface area contributed by atoms with Crippen molar-refractivity contribution in [2.24, 2.45) is 0 Å². The van der Waals surface area contributed by atoms with Gasteiger partial charge < -0.3 is 0 Å². The van der Waals surface area contributed by atoms with E-state index in [-0.39, 0.29) is 5.78 Å². The van der Waals surface area contributed by atoms with Gasteiger partial charge in [0.05, 0.1) is 10.8 Å². The van der Waals surface area contributed by atoms with Crippen molar-refractivity contribution >= 4 is 29.1 Å². The summed E-state index contributed by atoms with van der Waals surface area (Å²) in [5.74, 6) is 0.666. The van der Waals surface area contributed by atoms with Gasteiger partial charge in [-0.2, -0.15) is 0 Å². The topological polar surface area (TPSA) is 17.1 Å². The van der Waals surface area contributed by atoms with Gasteiger partial charge in [0, 0.05) is 11.3 Å². The third-order valence-electron chi connectivity index (χ3n) is 2.17. The fourth-order valence-corrected chi connectivity index (χ4v) is 2.27. The number of hydrogen-bond donors (Lipinski definition) is 0. The second kappa shape index (κ2) is 6.77. The molecular formula is C13H15ClOS. The van der Waals surface area contributed by atoms with Crippen molar-refractivity contribution in [2.45, 2.75) is 24.7 Å². The summed E-state index contributed by atoms with van der Waals surface area (Å²) >= 11 is 7.48. The first kappa shape index (κ1) is 13.3. The van der Waals surface area contributed by atoms with Crippen LogP contribution in [0.5, 0.6) is 0 Å². The van der Waals surface area contributed by atoms with Crippen LogP contribution in [0.15, 0.2) is 41.3 Å². The van der Waals surface area contributed by atoms with Crippen LogP contribution in [0.4, 0.5) is 0 Å². The quantitative estimate of drug-likeness (QED) is 0.554. The molecule has 0 heterocycles. The summed E-state index contributed by atoms with van der Waals surface area (Å²) in [6, 6.07) is 7.56. The summed E-state index contributed by atoms with van der Waals surface area (Å²) in [5, 5.41) is 0.703. The molecule has 0 N–H and O–H groups in total. The Morgan fingerprint density at radius 1 is 1.44 bits per heavy atom. The molecular weight excluding hydrogens is 240 g/mol. The van der Waals surface area contributed by atoms with Crippen molar-refractivity contribution in [3.63, 3.8) is 0 Å². The van der Waals surface area contributed by atoms with E-state index in [9.17, 15) is 4.79 Å². The highest BCUT2D eigenvalue weighted by molar-refractivity contribution is 8.00. The molecule has 0 unspecified atom stereocenters. The van der Waals surface area contributed by atoms with Crippen LogP contribution in [0.3, 0.4) is 0 Å². The van der Waals surface area contributed by atoms with Crippen LogP contribution in [0.2, 0.25) is 5.02 Å². The van der Waals surface area contributed by atoms with Gasteiger partial charge in [0.2, 0.25) is 0 Å². The number of Topliss-reactive ketones (excluding diaryl/α,β-unsaturated/α-hetero) is 1. The molecule has 86 valence electrons. The third-order valence-corrected chi connectivity index (χ3v) is 3.75. The molecule has 0 amide bonds. The first-order valence-electron chi connectivity index (χ1n) is 5.19. The fraction of sp³-hybridized carbons (Fsp3) is 0.308. The molecule has 16 heavy (non-hydrogen) atoms. The molecule has 0 radical (unpaired) electrons. The maximum Gasteiger partial charge on any atom is 0.147 e. The maximum absolute atomic E-state index is 11.6. The summed E-state index contributed by atoms with van der Waals surface area (Å²) < 4.78 is 0. The van der Waals surface area contributed by atoms with E-state index in [0.717, 1.165) is 16.9 Å². The molecule has 1 aromatic rings. The van der Waals surface area contributed by atoms with Gasteiger partial charge in [-0.1, -0.05) is 42.8 Å². The maximum atomic E-state index is 11.6. The molecule has 0 spiro atoms. The highest BCUT2D eigenvalue weighted by Gasteiger charge is 2.06. The molecule has 0 saturated carbocycles. The Labute approximate surface area is 106 Å². The lowest BCUT2D eigenvalue weighted by atomic mass is 10.1. The van der Waals surface area contributed by atoms with Gasteiger partial charge in [-0.3, -0.25) is 4.79 Å². The lowest BCUT2D eigenvalue weighted by Crippen LogP contribution is -2.02. The van der Waals surface area contributed by atoms with Crippen LogP contribution in [0.1, 0.15) is 19.8 Å². The smallest absolute Gasteiger partial charge is 0.147 e. The van der Waals surface area contributed by atoms with E-state index in [1.165, 1.54) is 11.8 Å².